The number of pyridine rings is 1. The fourth-order valence-corrected chi connectivity index (χ4v) is 2.44. The molecular weight excluding hydrogens is 262 g/mol. The Bertz CT molecular complexity index is 864. The summed E-state index contributed by atoms with van der Waals surface area (Å²) in [5.41, 5.74) is 4.23. The molecular formula is C17H13N3O. The summed E-state index contributed by atoms with van der Waals surface area (Å²) in [6.45, 7) is 0. The second kappa shape index (κ2) is 4.90. The van der Waals surface area contributed by atoms with E-state index in [-0.39, 0.29) is 0 Å². The zero-order valence-corrected chi connectivity index (χ0v) is 11.3. The number of furan rings is 1. The molecule has 4 nitrogen and oxygen atoms in total. The van der Waals surface area contributed by atoms with Crippen LogP contribution >= 0.6 is 0 Å². The van der Waals surface area contributed by atoms with E-state index in [1.807, 2.05) is 36.4 Å². The largest absolute Gasteiger partial charge is 0.464 e. The van der Waals surface area contributed by atoms with Crippen molar-refractivity contribution in [2.45, 2.75) is 6.42 Å². The molecule has 0 aliphatic rings. The van der Waals surface area contributed by atoms with Gasteiger partial charge in [-0.2, -0.15) is 0 Å². The Balaban J connectivity index is 1.70. The summed E-state index contributed by atoms with van der Waals surface area (Å²) >= 11 is 0. The molecule has 4 rings (SSSR count). The number of H-pyrrole nitrogens is 1. The quantitative estimate of drug-likeness (QED) is 0.618. The van der Waals surface area contributed by atoms with Gasteiger partial charge in [-0.3, -0.25) is 4.98 Å². The lowest BCUT2D eigenvalue weighted by Gasteiger charge is -1.96. The van der Waals surface area contributed by atoms with Crippen molar-refractivity contribution in [3.63, 3.8) is 0 Å². The minimum Gasteiger partial charge on any atom is -0.464 e. The fourth-order valence-electron chi connectivity index (χ4n) is 2.44. The predicted octanol–water partition coefficient (Wildman–Crippen LogP) is 3.81. The molecule has 0 atom stereocenters. The van der Waals surface area contributed by atoms with Gasteiger partial charge in [-0.1, -0.05) is 0 Å². The SMILES string of the molecule is c1coc(-c2ccc3nc(Cc4ccncc4)[nH]c3c2)c1. The number of rotatable bonds is 3. The van der Waals surface area contributed by atoms with E-state index in [0.717, 1.165) is 34.6 Å². The molecule has 0 spiro atoms. The van der Waals surface area contributed by atoms with Crippen LogP contribution in [0.4, 0.5) is 0 Å². The summed E-state index contributed by atoms with van der Waals surface area (Å²) in [4.78, 5) is 12.0. The monoisotopic (exact) mass is 275 g/mol. The zero-order valence-electron chi connectivity index (χ0n) is 11.3. The molecule has 0 saturated heterocycles. The summed E-state index contributed by atoms with van der Waals surface area (Å²) in [7, 11) is 0. The molecule has 0 aliphatic carbocycles. The molecule has 0 bridgehead atoms. The van der Waals surface area contributed by atoms with Gasteiger partial charge in [0.25, 0.3) is 0 Å². The van der Waals surface area contributed by atoms with Crippen molar-refractivity contribution in [1.82, 2.24) is 15.0 Å². The Kier molecular flexibility index (Phi) is 2.78. The summed E-state index contributed by atoms with van der Waals surface area (Å²) in [5.74, 6) is 1.81. The van der Waals surface area contributed by atoms with Gasteiger partial charge in [-0.15, -0.1) is 0 Å². The Morgan fingerprint density at radius 3 is 2.76 bits per heavy atom. The topological polar surface area (TPSA) is 54.7 Å². The molecule has 0 amide bonds. The van der Waals surface area contributed by atoms with Crippen molar-refractivity contribution >= 4 is 11.0 Å². The first-order valence-electron chi connectivity index (χ1n) is 6.80. The number of hydrogen-bond donors (Lipinski definition) is 1. The Labute approximate surface area is 121 Å². The van der Waals surface area contributed by atoms with Crippen LogP contribution in [0, 0.1) is 0 Å². The molecule has 1 aromatic carbocycles. The molecule has 21 heavy (non-hydrogen) atoms. The van der Waals surface area contributed by atoms with Crippen LogP contribution in [0.1, 0.15) is 11.4 Å². The van der Waals surface area contributed by atoms with E-state index < -0.39 is 0 Å². The van der Waals surface area contributed by atoms with Gasteiger partial charge in [0, 0.05) is 24.4 Å². The molecule has 3 aromatic heterocycles. The van der Waals surface area contributed by atoms with Gasteiger partial charge in [0.05, 0.1) is 17.3 Å². The van der Waals surface area contributed by atoms with Crippen LogP contribution in [0.2, 0.25) is 0 Å². The van der Waals surface area contributed by atoms with Gasteiger partial charge in [0.2, 0.25) is 0 Å². The second-order valence-electron chi connectivity index (χ2n) is 4.92. The fraction of sp³-hybridized carbons (Fsp3) is 0.0588. The first-order chi connectivity index (χ1) is 10.4. The van der Waals surface area contributed by atoms with Crippen molar-refractivity contribution in [2.24, 2.45) is 0 Å². The Hall–Kier alpha value is -2.88. The van der Waals surface area contributed by atoms with E-state index in [4.69, 9.17) is 4.42 Å². The second-order valence-corrected chi connectivity index (χ2v) is 4.92. The maximum absolute atomic E-state index is 5.43. The van der Waals surface area contributed by atoms with Crippen molar-refractivity contribution in [1.29, 1.82) is 0 Å². The summed E-state index contributed by atoms with van der Waals surface area (Å²) < 4.78 is 5.43. The molecule has 0 radical (unpaired) electrons. The maximum Gasteiger partial charge on any atom is 0.133 e. The summed E-state index contributed by atoms with van der Waals surface area (Å²) in [6, 6.07) is 14.0. The van der Waals surface area contributed by atoms with E-state index in [2.05, 4.69) is 21.0 Å². The Morgan fingerprint density at radius 1 is 1.05 bits per heavy atom. The molecule has 102 valence electrons. The third-order valence-electron chi connectivity index (χ3n) is 3.46. The normalized spacial score (nSPS) is 11.0. The number of fused-ring (bicyclic) bond motifs is 1. The molecule has 1 N–H and O–H groups in total. The van der Waals surface area contributed by atoms with Gasteiger partial charge in [-0.25, -0.2) is 4.98 Å². The van der Waals surface area contributed by atoms with Crippen molar-refractivity contribution in [3.8, 4) is 11.3 Å². The number of imidazole rings is 1. The number of nitrogens with one attached hydrogen (secondary N) is 1. The highest BCUT2D eigenvalue weighted by Crippen LogP contribution is 2.24. The first-order valence-corrected chi connectivity index (χ1v) is 6.80. The number of aromatic nitrogens is 3. The van der Waals surface area contributed by atoms with Crippen LogP contribution in [-0.2, 0) is 6.42 Å². The molecule has 4 aromatic rings. The maximum atomic E-state index is 5.43. The van der Waals surface area contributed by atoms with Gasteiger partial charge in [0.1, 0.15) is 11.6 Å². The standard InChI is InChI=1S/C17H13N3O/c1-2-16(21-9-1)13-3-4-14-15(11-13)20-17(19-14)10-12-5-7-18-8-6-12/h1-9,11H,10H2,(H,19,20). The number of nitrogens with zero attached hydrogens (tertiary/aromatic N) is 2. The average molecular weight is 275 g/mol. The summed E-state index contributed by atoms with van der Waals surface area (Å²) in [6.07, 6.45) is 6.05. The van der Waals surface area contributed by atoms with Gasteiger partial charge < -0.3 is 9.40 Å². The van der Waals surface area contributed by atoms with Crippen LogP contribution in [-0.4, -0.2) is 15.0 Å². The molecule has 0 saturated carbocycles. The van der Waals surface area contributed by atoms with Crippen molar-refractivity contribution < 1.29 is 4.42 Å². The van der Waals surface area contributed by atoms with Gasteiger partial charge in [0.15, 0.2) is 0 Å². The van der Waals surface area contributed by atoms with Crippen LogP contribution < -0.4 is 0 Å². The molecule has 0 fully saturated rings. The van der Waals surface area contributed by atoms with E-state index in [1.54, 1.807) is 18.7 Å². The van der Waals surface area contributed by atoms with Crippen LogP contribution in [0.3, 0.4) is 0 Å². The van der Waals surface area contributed by atoms with Crippen molar-refractivity contribution in [3.05, 3.63) is 72.5 Å². The number of aromatic amines is 1. The first kappa shape index (κ1) is 11.9. The smallest absolute Gasteiger partial charge is 0.133 e. The van der Waals surface area contributed by atoms with E-state index >= 15 is 0 Å². The van der Waals surface area contributed by atoms with E-state index in [9.17, 15) is 0 Å². The lowest BCUT2D eigenvalue weighted by Crippen LogP contribution is -1.90. The number of hydrogen-bond acceptors (Lipinski definition) is 3. The third-order valence-corrected chi connectivity index (χ3v) is 3.46. The molecule has 0 aliphatic heterocycles. The molecule has 0 unspecified atom stereocenters. The predicted molar refractivity (Wildman–Crippen MR) is 80.8 cm³/mol. The van der Waals surface area contributed by atoms with Crippen LogP contribution in [0.25, 0.3) is 22.4 Å². The highest BCUT2D eigenvalue weighted by atomic mass is 16.3. The molecule has 4 heteroatoms. The minimum absolute atomic E-state index is 0.771. The van der Waals surface area contributed by atoms with E-state index in [0.29, 0.717) is 0 Å². The number of benzene rings is 1. The lowest BCUT2D eigenvalue weighted by molar-refractivity contribution is 0.582. The highest BCUT2D eigenvalue weighted by Gasteiger charge is 2.07. The van der Waals surface area contributed by atoms with Crippen molar-refractivity contribution in [2.75, 3.05) is 0 Å². The minimum atomic E-state index is 0.771. The third kappa shape index (κ3) is 2.31. The zero-order chi connectivity index (χ0) is 14.1. The highest BCUT2D eigenvalue weighted by molar-refractivity contribution is 5.80. The average Bonchev–Trinajstić information content (AvgIpc) is 3.16. The lowest BCUT2D eigenvalue weighted by atomic mass is 10.1. The van der Waals surface area contributed by atoms with E-state index in [1.165, 1.54) is 5.56 Å². The van der Waals surface area contributed by atoms with Crippen LogP contribution in [0.5, 0.6) is 0 Å². The van der Waals surface area contributed by atoms with Crippen LogP contribution in [0.15, 0.2) is 65.5 Å². The van der Waals surface area contributed by atoms with Gasteiger partial charge in [-0.05, 0) is 48.0 Å². The molecule has 3 heterocycles. The van der Waals surface area contributed by atoms with Gasteiger partial charge >= 0.3 is 0 Å². The Morgan fingerprint density at radius 2 is 1.95 bits per heavy atom. The summed E-state index contributed by atoms with van der Waals surface area (Å²) in [5, 5.41) is 0.